The molecule has 1 atom stereocenters. The molecule has 1 aliphatic rings. The summed E-state index contributed by atoms with van der Waals surface area (Å²) in [7, 11) is 2.18. The third-order valence-corrected chi connectivity index (χ3v) is 2.90. The highest BCUT2D eigenvalue weighted by Gasteiger charge is 2.15. The lowest BCUT2D eigenvalue weighted by Crippen LogP contribution is -2.52. The van der Waals surface area contributed by atoms with Gasteiger partial charge in [-0.05, 0) is 18.7 Å². The molecule has 0 radical (unpaired) electrons. The molecule has 0 bridgehead atoms. The van der Waals surface area contributed by atoms with Crippen molar-refractivity contribution in [3.8, 4) is 0 Å². The molecule has 88 valence electrons. The summed E-state index contributed by atoms with van der Waals surface area (Å²) in [6.07, 6.45) is 3.72. The summed E-state index contributed by atoms with van der Waals surface area (Å²) in [4.78, 5) is 6.47. The van der Waals surface area contributed by atoms with Crippen LogP contribution in [0, 0.1) is 0 Å². The minimum absolute atomic E-state index is 0.565. The lowest BCUT2D eigenvalue weighted by molar-refractivity contribution is 0.235. The van der Waals surface area contributed by atoms with Crippen molar-refractivity contribution in [1.82, 2.24) is 20.5 Å². The van der Waals surface area contributed by atoms with Gasteiger partial charge in [-0.15, -0.1) is 0 Å². The van der Waals surface area contributed by atoms with Crippen LogP contribution in [0.25, 0.3) is 0 Å². The Balaban J connectivity index is 1.68. The Morgan fingerprint density at radius 2 is 2.56 bits per heavy atom. The molecule has 4 nitrogen and oxygen atoms in total. The maximum atomic E-state index is 4.10. The van der Waals surface area contributed by atoms with Crippen molar-refractivity contribution in [1.29, 1.82) is 0 Å². The number of hydrogen-bond donors (Lipinski definition) is 2. The molecule has 2 heterocycles. The molecule has 16 heavy (non-hydrogen) atoms. The summed E-state index contributed by atoms with van der Waals surface area (Å²) in [6, 6.07) is 4.64. The zero-order chi connectivity index (χ0) is 11.2. The van der Waals surface area contributed by atoms with E-state index < -0.39 is 0 Å². The van der Waals surface area contributed by atoms with E-state index in [2.05, 4.69) is 33.6 Å². The predicted molar refractivity (Wildman–Crippen MR) is 65.2 cm³/mol. The van der Waals surface area contributed by atoms with E-state index in [-0.39, 0.29) is 0 Å². The van der Waals surface area contributed by atoms with Gasteiger partial charge >= 0.3 is 0 Å². The Hall–Kier alpha value is -0.970. The summed E-state index contributed by atoms with van der Waals surface area (Å²) in [5.41, 5.74) is 1.24. The predicted octanol–water partition coefficient (Wildman–Crippen LogP) is 0.0748. The molecule has 1 unspecified atom stereocenters. The van der Waals surface area contributed by atoms with Crippen LogP contribution in [0.5, 0.6) is 0 Å². The van der Waals surface area contributed by atoms with Gasteiger partial charge < -0.3 is 15.5 Å². The fraction of sp³-hybridized carbons (Fsp3) is 0.583. The SMILES string of the molecule is CN1CCNC(CNCc2cccnc2)C1. The molecule has 0 saturated carbocycles. The Morgan fingerprint density at radius 3 is 3.31 bits per heavy atom. The Labute approximate surface area is 97.1 Å². The molecule has 2 N–H and O–H groups in total. The molecule has 1 saturated heterocycles. The van der Waals surface area contributed by atoms with Gasteiger partial charge in [0, 0.05) is 51.2 Å². The summed E-state index contributed by atoms with van der Waals surface area (Å²) in [5.74, 6) is 0. The van der Waals surface area contributed by atoms with Crippen LogP contribution in [0.4, 0.5) is 0 Å². The number of nitrogens with one attached hydrogen (secondary N) is 2. The van der Waals surface area contributed by atoms with E-state index in [0.29, 0.717) is 6.04 Å². The normalized spacial score (nSPS) is 22.2. The van der Waals surface area contributed by atoms with Gasteiger partial charge in [0.1, 0.15) is 0 Å². The van der Waals surface area contributed by atoms with Gasteiger partial charge in [-0.3, -0.25) is 4.98 Å². The summed E-state index contributed by atoms with van der Waals surface area (Å²) in [6.45, 7) is 5.28. The molecular weight excluding hydrogens is 200 g/mol. The van der Waals surface area contributed by atoms with E-state index in [1.165, 1.54) is 5.56 Å². The van der Waals surface area contributed by atoms with E-state index in [1.807, 2.05) is 12.3 Å². The zero-order valence-corrected chi connectivity index (χ0v) is 9.82. The van der Waals surface area contributed by atoms with Gasteiger partial charge in [-0.1, -0.05) is 6.07 Å². The van der Waals surface area contributed by atoms with Crippen LogP contribution >= 0.6 is 0 Å². The number of pyridine rings is 1. The number of rotatable bonds is 4. The standard InChI is InChI=1S/C12H20N4/c1-16-6-5-15-12(10-16)9-14-8-11-3-2-4-13-7-11/h2-4,7,12,14-15H,5-6,8-10H2,1H3. The van der Waals surface area contributed by atoms with Gasteiger partial charge in [0.05, 0.1) is 0 Å². The second-order valence-electron chi connectivity index (χ2n) is 4.41. The van der Waals surface area contributed by atoms with Crippen molar-refractivity contribution in [2.24, 2.45) is 0 Å². The maximum absolute atomic E-state index is 4.10. The van der Waals surface area contributed by atoms with Crippen molar-refractivity contribution < 1.29 is 0 Å². The topological polar surface area (TPSA) is 40.2 Å². The lowest BCUT2D eigenvalue weighted by atomic mass is 10.2. The van der Waals surface area contributed by atoms with Crippen molar-refractivity contribution in [3.05, 3.63) is 30.1 Å². The Morgan fingerprint density at radius 1 is 1.62 bits per heavy atom. The van der Waals surface area contributed by atoms with Crippen LogP contribution in [-0.2, 0) is 6.54 Å². The van der Waals surface area contributed by atoms with Gasteiger partial charge in [0.2, 0.25) is 0 Å². The average Bonchev–Trinajstić information content (AvgIpc) is 2.30. The van der Waals surface area contributed by atoms with Gasteiger partial charge in [0.15, 0.2) is 0 Å². The highest BCUT2D eigenvalue weighted by atomic mass is 15.2. The molecule has 1 fully saturated rings. The summed E-state index contributed by atoms with van der Waals surface area (Å²) >= 11 is 0. The van der Waals surface area contributed by atoms with Crippen LogP contribution in [0.2, 0.25) is 0 Å². The molecule has 1 aromatic heterocycles. The molecule has 0 amide bonds. The first kappa shape index (κ1) is 11.5. The second kappa shape index (κ2) is 5.94. The Bertz CT molecular complexity index is 301. The largest absolute Gasteiger partial charge is 0.311 e. The average molecular weight is 220 g/mol. The van der Waals surface area contributed by atoms with Crippen LogP contribution in [0.3, 0.4) is 0 Å². The molecule has 1 aliphatic heterocycles. The van der Waals surface area contributed by atoms with Crippen molar-refractivity contribution in [2.75, 3.05) is 33.2 Å². The zero-order valence-electron chi connectivity index (χ0n) is 9.82. The van der Waals surface area contributed by atoms with Crippen LogP contribution in [-0.4, -0.2) is 49.2 Å². The van der Waals surface area contributed by atoms with Gasteiger partial charge in [-0.2, -0.15) is 0 Å². The molecule has 0 aromatic carbocycles. The van der Waals surface area contributed by atoms with E-state index in [1.54, 1.807) is 6.20 Å². The third kappa shape index (κ3) is 3.56. The first-order chi connectivity index (χ1) is 7.84. The third-order valence-electron chi connectivity index (χ3n) is 2.90. The van der Waals surface area contributed by atoms with Gasteiger partial charge in [-0.25, -0.2) is 0 Å². The molecule has 4 heteroatoms. The lowest BCUT2D eigenvalue weighted by Gasteiger charge is -2.31. The number of aromatic nitrogens is 1. The highest BCUT2D eigenvalue weighted by molar-refractivity contribution is 5.07. The van der Waals surface area contributed by atoms with Crippen LogP contribution in [0.1, 0.15) is 5.56 Å². The number of likely N-dealkylation sites (N-methyl/N-ethyl adjacent to an activating group) is 1. The van der Waals surface area contributed by atoms with E-state index >= 15 is 0 Å². The van der Waals surface area contributed by atoms with Crippen molar-refractivity contribution in [2.45, 2.75) is 12.6 Å². The summed E-state index contributed by atoms with van der Waals surface area (Å²) < 4.78 is 0. The van der Waals surface area contributed by atoms with Crippen LogP contribution < -0.4 is 10.6 Å². The Kier molecular flexibility index (Phi) is 4.27. The van der Waals surface area contributed by atoms with Crippen LogP contribution in [0.15, 0.2) is 24.5 Å². The molecular formula is C12H20N4. The fourth-order valence-electron chi connectivity index (χ4n) is 2.02. The second-order valence-corrected chi connectivity index (χ2v) is 4.41. The molecule has 0 aliphatic carbocycles. The van der Waals surface area contributed by atoms with Crippen molar-refractivity contribution >= 4 is 0 Å². The minimum Gasteiger partial charge on any atom is -0.311 e. The fourth-order valence-corrected chi connectivity index (χ4v) is 2.02. The van der Waals surface area contributed by atoms with Crippen molar-refractivity contribution in [3.63, 3.8) is 0 Å². The molecule has 2 rings (SSSR count). The molecule has 1 aromatic rings. The first-order valence-corrected chi connectivity index (χ1v) is 5.86. The quantitative estimate of drug-likeness (QED) is 0.753. The van der Waals surface area contributed by atoms with Gasteiger partial charge in [0.25, 0.3) is 0 Å². The maximum Gasteiger partial charge on any atom is 0.0320 e. The number of nitrogens with zero attached hydrogens (tertiary/aromatic N) is 2. The van der Waals surface area contributed by atoms with E-state index in [4.69, 9.17) is 0 Å². The molecule has 0 spiro atoms. The first-order valence-electron chi connectivity index (χ1n) is 5.86. The number of piperazine rings is 1. The smallest absolute Gasteiger partial charge is 0.0320 e. The highest BCUT2D eigenvalue weighted by Crippen LogP contribution is 1.97. The number of hydrogen-bond acceptors (Lipinski definition) is 4. The minimum atomic E-state index is 0.565. The van der Waals surface area contributed by atoms with E-state index in [0.717, 1.165) is 32.7 Å². The monoisotopic (exact) mass is 220 g/mol. The van der Waals surface area contributed by atoms with E-state index in [9.17, 15) is 0 Å². The summed E-state index contributed by atoms with van der Waals surface area (Å²) in [5, 5.41) is 6.98.